The molecule has 11 heteroatoms. The lowest BCUT2D eigenvalue weighted by molar-refractivity contribution is -0.148. The number of anilines is 1. The number of thioether (sulfide) groups is 1. The molecule has 0 unspecified atom stereocenters. The van der Waals surface area contributed by atoms with E-state index in [0.717, 1.165) is 0 Å². The van der Waals surface area contributed by atoms with Crippen LogP contribution in [-0.4, -0.2) is 45.4 Å². The van der Waals surface area contributed by atoms with Gasteiger partial charge in [-0.15, -0.1) is 0 Å². The minimum atomic E-state index is -0.350. The second-order valence-electron chi connectivity index (χ2n) is 9.17. The zero-order valence-corrected chi connectivity index (χ0v) is 23.3. The van der Waals surface area contributed by atoms with Crippen LogP contribution in [0.2, 0.25) is 0 Å². The van der Waals surface area contributed by atoms with E-state index < -0.39 is 0 Å². The van der Waals surface area contributed by atoms with Crippen molar-refractivity contribution >= 4 is 52.1 Å². The van der Waals surface area contributed by atoms with Crippen molar-refractivity contribution in [2.75, 3.05) is 24.6 Å². The predicted molar refractivity (Wildman–Crippen MR) is 149 cm³/mol. The monoisotopic (exact) mass is 554 g/mol. The molecule has 2 aliphatic rings. The molecule has 0 N–H and O–H groups in total. The number of thiocarbonyl (C=S) groups is 1. The average Bonchev–Trinajstić information content (AvgIpc) is 3.51. The fourth-order valence-corrected chi connectivity index (χ4v) is 6.07. The molecule has 4 heterocycles. The minimum Gasteiger partial charge on any atom is -0.467 e. The number of nitrogens with zero attached hydrogens (tertiary/aromatic N) is 4. The van der Waals surface area contributed by atoms with Crippen LogP contribution in [0.4, 0.5) is 5.82 Å². The molecule has 38 heavy (non-hydrogen) atoms. The van der Waals surface area contributed by atoms with Crippen LogP contribution in [0.1, 0.15) is 55.6 Å². The van der Waals surface area contributed by atoms with Gasteiger partial charge in [0.1, 0.15) is 27.5 Å². The van der Waals surface area contributed by atoms with E-state index in [9.17, 15) is 19.6 Å². The number of amides is 1. The highest BCUT2D eigenvalue weighted by Crippen LogP contribution is 2.37. The Balaban J connectivity index is 1.76. The lowest BCUT2D eigenvalue weighted by Crippen LogP contribution is -2.41. The topological polar surface area (TPSA) is 109 Å². The Bertz CT molecular complexity index is 1370. The van der Waals surface area contributed by atoms with Crippen LogP contribution >= 0.6 is 24.0 Å². The number of aromatic nitrogens is 1. The number of furan rings is 1. The molecule has 0 saturated carbocycles. The number of hydrogen-bond acceptors (Lipinski definition) is 9. The third-order valence-electron chi connectivity index (χ3n) is 6.75. The molecule has 2 saturated heterocycles. The van der Waals surface area contributed by atoms with Gasteiger partial charge in [0.2, 0.25) is 0 Å². The number of carbonyl (C=O) groups excluding carboxylic acids is 2. The molecule has 0 atom stereocenters. The molecule has 2 aliphatic heterocycles. The first-order valence-electron chi connectivity index (χ1n) is 12.7. The quantitative estimate of drug-likeness (QED) is 0.269. The van der Waals surface area contributed by atoms with E-state index in [1.165, 1.54) is 16.7 Å². The number of ether oxygens (including phenoxy) is 1. The first kappa shape index (κ1) is 27.7. The summed E-state index contributed by atoms with van der Waals surface area (Å²) in [7, 11) is 0. The number of hydrogen-bond donors (Lipinski definition) is 0. The highest BCUT2D eigenvalue weighted by Gasteiger charge is 2.35. The van der Waals surface area contributed by atoms with Gasteiger partial charge in [-0.1, -0.05) is 30.9 Å². The zero-order chi connectivity index (χ0) is 27.4. The van der Waals surface area contributed by atoms with E-state index in [1.807, 2.05) is 6.92 Å². The molecule has 0 bridgehead atoms. The van der Waals surface area contributed by atoms with Gasteiger partial charge in [-0.3, -0.25) is 23.9 Å². The van der Waals surface area contributed by atoms with E-state index in [4.69, 9.17) is 21.4 Å². The number of rotatable bonds is 8. The molecule has 0 radical (unpaired) electrons. The summed E-state index contributed by atoms with van der Waals surface area (Å²) in [6, 6.07) is 5.61. The fourth-order valence-electron chi connectivity index (χ4n) is 4.83. The smallest absolute Gasteiger partial charge is 0.309 e. The van der Waals surface area contributed by atoms with Crippen molar-refractivity contribution in [1.29, 1.82) is 5.26 Å². The predicted octanol–water partition coefficient (Wildman–Crippen LogP) is 4.21. The Hall–Kier alpha value is -3.36. The van der Waals surface area contributed by atoms with Crippen molar-refractivity contribution in [3.63, 3.8) is 0 Å². The van der Waals surface area contributed by atoms with Crippen molar-refractivity contribution in [3.8, 4) is 6.07 Å². The molecule has 2 fully saturated rings. The van der Waals surface area contributed by atoms with E-state index in [2.05, 4.69) is 11.0 Å². The van der Waals surface area contributed by atoms with Crippen LogP contribution < -0.4 is 10.5 Å². The highest BCUT2D eigenvalue weighted by atomic mass is 32.2. The maximum Gasteiger partial charge on any atom is 0.309 e. The fraction of sp³-hybridized carbons (Fsp3) is 0.444. The van der Waals surface area contributed by atoms with Gasteiger partial charge in [-0.05, 0) is 56.9 Å². The van der Waals surface area contributed by atoms with Crippen molar-refractivity contribution < 1.29 is 18.7 Å². The Morgan fingerprint density at radius 1 is 1.32 bits per heavy atom. The number of pyridine rings is 1. The molecule has 2 aromatic rings. The van der Waals surface area contributed by atoms with Crippen LogP contribution in [0, 0.1) is 24.2 Å². The van der Waals surface area contributed by atoms with Crippen molar-refractivity contribution in [2.24, 2.45) is 5.92 Å². The van der Waals surface area contributed by atoms with Gasteiger partial charge in [-0.2, -0.15) is 5.26 Å². The van der Waals surface area contributed by atoms with Crippen LogP contribution in [0.25, 0.3) is 6.08 Å². The number of nitriles is 1. The van der Waals surface area contributed by atoms with Gasteiger partial charge in [-0.25, -0.2) is 0 Å². The second kappa shape index (κ2) is 12.0. The average molecular weight is 555 g/mol. The summed E-state index contributed by atoms with van der Waals surface area (Å²) in [4.78, 5) is 43.0. The van der Waals surface area contributed by atoms with Crippen molar-refractivity contribution in [1.82, 2.24) is 9.47 Å². The van der Waals surface area contributed by atoms with Gasteiger partial charge >= 0.3 is 5.97 Å². The molecule has 0 aliphatic carbocycles. The van der Waals surface area contributed by atoms with Crippen molar-refractivity contribution in [2.45, 2.75) is 53.1 Å². The van der Waals surface area contributed by atoms with Crippen LogP contribution in [0.3, 0.4) is 0 Å². The summed E-state index contributed by atoms with van der Waals surface area (Å²) >= 11 is 6.68. The number of piperidine rings is 1. The summed E-state index contributed by atoms with van der Waals surface area (Å²) in [5.41, 5.74) is 0.865. The lowest BCUT2D eigenvalue weighted by atomic mass is 9.95. The Morgan fingerprint density at radius 2 is 2.05 bits per heavy atom. The molecule has 2 aromatic heterocycles. The molecule has 0 aromatic carbocycles. The first-order valence-corrected chi connectivity index (χ1v) is 13.9. The third-order valence-corrected chi connectivity index (χ3v) is 8.13. The number of carbonyl (C=O) groups is 2. The van der Waals surface area contributed by atoms with E-state index in [-0.39, 0.29) is 35.5 Å². The molecular formula is C27H30N4O5S2. The van der Waals surface area contributed by atoms with E-state index in [1.54, 1.807) is 42.9 Å². The SMILES string of the molecule is CCCn1c(N2CCC(C(=O)OCC)CC2)c(C=C2SC(=S)N(Cc3ccco3)C2=O)c(C)c(C#N)c1=O. The van der Waals surface area contributed by atoms with Gasteiger partial charge in [0.25, 0.3) is 11.5 Å². The maximum atomic E-state index is 13.4. The van der Waals surface area contributed by atoms with Crippen molar-refractivity contribution in [3.05, 3.63) is 56.1 Å². The van der Waals surface area contributed by atoms with Gasteiger partial charge in [0.15, 0.2) is 0 Å². The normalized spacial score (nSPS) is 17.4. The molecular weight excluding hydrogens is 524 g/mol. The Kier molecular flexibility index (Phi) is 8.74. The summed E-state index contributed by atoms with van der Waals surface area (Å²) in [5, 5.41) is 9.84. The third kappa shape index (κ3) is 5.42. The summed E-state index contributed by atoms with van der Waals surface area (Å²) < 4.78 is 12.6. The van der Waals surface area contributed by atoms with E-state index in [0.29, 0.717) is 77.4 Å². The molecule has 1 amide bonds. The van der Waals surface area contributed by atoms with Gasteiger partial charge in [0, 0.05) is 25.2 Å². The molecule has 4 rings (SSSR count). The van der Waals surface area contributed by atoms with Crippen LogP contribution in [0.5, 0.6) is 0 Å². The maximum absolute atomic E-state index is 13.4. The molecule has 9 nitrogen and oxygen atoms in total. The summed E-state index contributed by atoms with van der Waals surface area (Å²) in [5.74, 6) is 0.626. The molecule has 200 valence electrons. The Labute approximate surface area is 231 Å². The minimum absolute atomic E-state index is 0.0564. The van der Waals surface area contributed by atoms with Gasteiger partial charge in [0.05, 0.1) is 30.2 Å². The lowest BCUT2D eigenvalue weighted by Gasteiger charge is -2.35. The van der Waals surface area contributed by atoms with Gasteiger partial charge < -0.3 is 14.1 Å². The first-order chi connectivity index (χ1) is 18.3. The van der Waals surface area contributed by atoms with Crippen LogP contribution in [0.15, 0.2) is 32.5 Å². The number of esters is 1. The standard InChI is InChI=1S/C27H30N4O5S2/c1-4-10-30-23(29-11-8-18(9-12-29)26(34)35-5-2)20(17(3)21(15-28)24(30)32)14-22-25(33)31(27(37)38-22)16-19-7-6-13-36-19/h6-7,13-14,18H,4-5,8-12,16H2,1-3H3. The molecule has 0 spiro atoms. The summed E-state index contributed by atoms with van der Waals surface area (Å²) in [6.45, 7) is 7.56. The second-order valence-corrected chi connectivity index (χ2v) is 10.8. The Morgan fingerprint density at radius 3 is 2.66 bits per heavy atom. The van der Waals surface area contributed by atoms with Crippen LogP contribution in [-0.2, 0) is 27.4 Å². The zero-order valence-electron chi connectivity index (χ0n) is 21.7. The van der Waals surface area contributed by atoms with E-state index >= 15 is 0 Å². The summed E-state index contributed by atoms with van der Waals surface area (Å²) in [6.07, 6.45) is 5.15. The highest BCUT2D eigenvalue weighted by molar-refractivity contribution is 8.26. The largest absolute Gasteiger partial charge is 0.467 e.